The van der Waals surface area contributed by atoms with Gasteiger partial charge in [0.2, 0.25) is 5.28 Å². The molecule has 0 saturated carbocycles. The van der Waals surface area contributed by atoms with Crippen LogP contribution in [0.4, 0.5) is 23.8 Å². The summed E-state index contributed by atoms with van der Waals surface area (Å²) >= 11 is 6.08. The molecule has 31 heavy (non-hydrogen) atoms. The molecule has 0 unspecified atom stereocenters. The highest BCUT2D eigenvalue weighted by molar-refractivity contribution is 6.28. The van der Waals surface area contributed by atoms with Gasteiger partial charge in [-0.2, -0.15) is 13.2 Å². The average Bonchev–Trinajstić information content (AvgIpc) is 3.17. The van der Waals surface area contributed by atoms with Crippen LogP contribution >= 0.6 is 11.6 Å². The van der Waals surface area contributed by atoms with E-state index >= 15 is 0 Å². The Bertz CT molecular complexity index is 982. The highest BCUT2D eigenvalue weighted by atomic mass is 35.5. The number of morpholine rings is 1. The summed E-state index contributed by atoms with van der Waals surface area (Å²) in [6.45, 7) is 4.37. The summed E-state index contributed by atoms with van der Waals surface area (Å²) in [5, 5.41) is 3.15. The fourth-order valence-corrected chi connectivity index (χ4v) is 3.89. The zero-order chi connectivity index (χ0) is 22.2. The number of ether oxygens (including phenoxy) is 1. The Balaban J connectivity index is 1.53. The molecule has 1 atom stereocenters. The maximum Gasteiger partial charge on any atom is 0.416 e. The van der Waals surface area contributed by atoms with Crippen LogP contribution in [0, 0.1) is 0 Å². The minimum atomic E-state index is -4.42. The summed E-state index contributed by atoms with van der Waals surface area (Å²) in [6.07, 6.45) is -4.42. The minimum Gasteiger partial charge on any atom is -0.378 e. The molecule has 0 aliphatic carbocycles. The first-order chi connectivity index (χ1) is 14.7. The average molecular weight is 456 g/mol. The van der Waals surface area contributed by atoms with E-state index in [1.807, 2.05) is 0 Å². The van der Waals surface area contributed by atoms with E-state index < -0.39 is 17.8 Å². The number of halogens is 4. The molecule has 1 saturated heterocycles. The van der Waals surface area contributed by atoms with Crippen molar-refractivity contribution in [2.75, 3.05) is 31.6 Å². The molecule has 2 aliphatic rings. The maximum absolute atomic E-state index is 13.1. The van der Waals surface area contributed by atoms with Crippen molar-refractivity contribution in [2.24, 2.45) is 0 Å². The van der Waals surface area contributed by atoms with Crippen molar-refractivity contribution in [3.8, 4) is 0 Å². The molecule has 0 spiro atoms. The quantitative estimate of drug-likeness (QED) is 0.706. The van der Waals surface area contributed by atoms with Crippen molar-refractivity contribution in [3.63, 3.8) is 0 Å². The molecule has 2 aliphatic heterocycles. The number of carbonyl (C=O) groups excluding carboxylic acids is 1. The highest BCUT2D eigenvalue weighted by Gasteiger charge is 2.33. The van der Waals surface area contributed by atoms with Gasteiger partial charge in [0.15, 0.2) is 0 Å². The topological polar surface area (TPSA) is 70.6 Å². The molecule has 166 valence electrons. The van der Waals surface area contributed by atoms with Crippen molar-refractivity contribution >= 4 is 23.4 Å². The van der Waals surface area contributed by atoms with Gasteiger partial charge in [0.05, 0.1) is 37.6 Å². The third-order valence-corrected chi connectivity index (χ3v) is 5.54. The fourth-order valence-electron chi connectivity index (χ4n) is 3.71. The predicted molar refractivity (Wildman–Crippen MR) is 108 cm³/mol. The van der Waals surface area contributed by atoms with E-state index in [0.29, 0.717) is 62.0 Å². The third-order valence-electron chi connectivity index (χ3n) is 5.37. The molecular weight excluding hydrogens is 435 g/mol. The Morgan fingerprint density at radius 2 is 1.94 bits per heavy atom. The number of rotatable bonds is 3. The van der Waals surface area contributed by atoms with Crippen LogP contribution in [0.5, 0.6) is 0 Å². The number of urea groups is 1. The smallest absolute Gasteiger partial charge is 0.378 e. The standard InChI is InChI=1S/C20H21ClF3N5O2/c1-12(13-3-2-4-14(9-13)20(22,23)24)25-17-15-10-29(11-16(15)26-18(21)27-17)19(30)28-5-7-31-8-6-28/h2-4,9,12H,5-8,10-11H2,1H3,(H,25,26,27)/t12-/m1/s1. The molecule has 1 aromatic heterocycles. The van der Waals surface area contributed by atoms with E-state index in [0.717, 1.165) is 12.1 Å². The van der Waals surface area contributed by atoms with Crippen LogP contribution in [0.15, 0.2) is 24.3 Å². The minimum absolute atomic E-state index is 0.0122. The number of fused-ring (bicyclic) bond motifs is 1. The van der Waals surface area contributed by atoms with Crippen LogP contribution in [-0.2, 0) is 24.0 Å². The zero-order valence-corrected chi connectivity index (χ0v) is 17.5. The lowest BCUT2D eigenvalue weighted by molar-refractivity contribution is -0.137. The summed E-state index contributed by atoms with van der Waals surface area (Å²) in [4.78, 5) is 24.7. The summed E-state index contributed by atoms with van der Waals surface area (Å²) in [5.74, 6) is 0.414. The molecule has 2 aromatic rings. The first-order valence-corrected chi connectivity index (χ1v) is 10.2. The Morgan fingerprint density at radius 1 is 1.19 bits per heavy atom. The Labute approximate surface area is 182 Å². The van der Waals surface area contributed by atoms with Crippen LogP contribution in [0.25, 0.3) is 0 Å². The van der Waals surface area contributed by atoms with Crippen molar-refractivity contribution in [1.29, 1.82) is 0 Å². The number of benzene rings is 1. The second-order valence-electron chi connectivity index (χ2n) is 7.49. The lowest BCUT2D eigenvalue weighted by Crippen LogP contribution is -2.46. The van der Waals surface area contributed by atoms with Crippen molar-refractivity contribution in [3.05, 3.63) is 51.9 Å². The van der Waals surface area contributed by atoms with E-state index in [1.165, 1.54) is 6.07 Å². The SMILES string of the molecule is C[C@@H](Nc1nc(Cl)nc2c1CN(C(=O)N1CCOCC1)C2)c1cccc(C(F)(F)F)c1. The molecule has 0 radical (unpaired) electrons. The van der Waals surface area contributed by atoms with Crippen molar-refractivity contribution in [2.45, 2.75) is 32.2 Å². The number of anilines is 1. The molecule has 1 fully saturated rings. The molecule has 11 heteroatoms. The number of amides is 2. The van der Waals surface area contributed by atoms with Crippen molar-refractivity contribution < 1.29 is 22.7 Å². The first-order valence-electron chi connectivity index (χ1n) is 9.83. The van der Waals surface area contributed by atoms with Crippen LogP contribution in [0.3, 0.4) is 0 Å². The third kappa shape index (κ3) is 4.69. The van der Waals surface area contributed by atoms with E-state index in [4.69, 9.17) is 16.3 Å². The van der Waals surface area contributed by atoms with Gasteiger partial charge in [0.1, 0.15) is 5.82 Å². The van der Waals surface area contributed by atoms with Gasteiger partial charge in [-0.1, -0.05) is 12.1 Å². The van der Waals surface area contributed by atoms with Crippen LogP contribution in [0.2, 0.25) is 5.28 Å². The molecule has 7 nitrogen and oxygen atoms in total. The summed E-state index contributed by atoms with van der Waals surface area (Å²) in [7, 11) is 0. The van der Waals surface area contributed by atoms with Crippen LogP contribution < -0.4 is 5.32 Å². The lowest BCUT2D eigenvalue weighted by atomic mass is 10.0. The fraction of sp³-hybridized carbons (Fsp3) is 0.450. The zero-order valence-electron chi connectivity index (χ0n) is 16.7. The first kappa shape index (κ1) is 21.6. The van der Waals surface area contributed by atoms with E-state index in [1.54, 1.807) is 22.8 Å². The van der Waals surface area contributed by atoms with Gasteiger partial charge in [-0.25, -0.2) is 14.8 Å². The Morgan fingerprint density at radius 3 is 2.65 bits per heavy atom. The normalized spacial score (nSPS) is 17.5. The Kier molecular flexibility index (Phi) is 5.94. The number of carbonyl (C=O) groups is 1. The van der Waals surface area contributed by atoms with Gasteiger partial charge >= 0.3 is 12.2 Å². The summed E-state index contributed by atoms with van der Waals surface area (Å²) in [6, 6.07) is 4.54. The predicted octanol–water partition coefficient (Wildman–Crippen LogP) is 4.09. The van der Waals surface area contributed by atoms with Gasteiger partial charge in [-0.15, -0.1) is 0 Å². The molecule has 3 heterocycles. The second-order valence-corrected chi connectivity index (χ2v) is 7.83. The van der Waals surface area contributed by atoms with Crippen LogP contribution in [-0.4, -0.2) is 52.1 Å². The number of alkyl halides is 3. The molecule has 4 rings (SSSR count). The summed E-state index contributed by atoms with van der Waals surface area (Å²) in [5.41, 5.74) is 1.08. The number of aromatic nitrogens is 2. The second kappa shape index (κ2) is 8.51. The van der Waals surface area contributed by atoms with E-state index in [-0.39, 0.29) is 11.3 Å². The lowest BCUT2D eigenvalue weighted by Gasteiger charge is -2.30. The number of hydrogen-bond donors (Lipinski definition) is 1. The van der Waals surface area contributed by atoms with Gasteiger partial charge < -0.3 is 19.9 Å². The molecule has 0 bridgehead atoms. The number of nitrogens with one attached hydrogen (secondary N) is 1. The van der Waals surface area contributed by atoms with Gasteiger partial charge in [-0.05, 0) is 36.2 Å². The highest BCUT2D eigenvalue weighted by Crippen LogP contribution is 2.33. The van der Waals surface area contributed by atoms with Gasteiger partial charge in [-0.3, -0.25) is 0 Å². The number of nitrogens with zero attached hydrogens (tertiary/aromatic N) is 4. The van der Waals surface area contributed by atoms with Gasteiger partial charge in [0.25, 0.3) is 0 Å². The van der Waals surface area contributed by atoms with Gasteiger partial charge in [0, 0.05) is 24.7 Å². The largest absolute Gasteiger partial charge is 0.416 e. The molecule has 2 amide bonds. The molecular formula is C20H21ClF3N5O2. The molecule has 1 aromatic carbocycles. The van der Waals surface area contributed by atoms with E-state index in [2.05, 4.69) is 15.3 Å². The maximum atomic E-state index is 13.1. The Hall–Kier alpha value is -2.59. The van der Waals surface area contributed by atoms with Crippen LogP contribution in [0.1, 0.15) is 35.3 Å². The van der Waals surface area contributed by atoms with Crippen molar-refractivity contribution in [1.82, 2.24) is 19.8 Å². The molecule has 1 N–H and O–H groups in total. The van der Waals surface area contributed by atoms with E-state index in [9.17, 15) is 18.0 Å². The monoisotopic (exact) mass is 455 g/mol. The summed E-state index contributed by atoms with van der Waals surface area (Å²) < 4.78 is 44.5. The number of hydrogen-bond acceptors (Lipinski definition) is 5.